The first-order valence-corrected chi connectivity index (χ1v) is 6.77. The number of morpholine rings is 1. The van der Waals surface area contributed by atoms with E-state index in [0.29, 0.717) is 24.3 Å². The number of ketones is 1. The van der Waals surface area contributed by atoms with Crippen molar-refractivity contribution in [3.05, 3.63) is 29.3 Å². The number of carbonyl (C=O) groups is 1. The first kappa shape index (κ1) is 14.0. The summed E-state index contributed by atoms with van der Waals surface area (Å²) in [7, 11) is 1.59. The summed E-state index contributed by atoms with van der Waals surface area (Å²) >= 11 is 0. The van der Waals surface area contributed by atoms with Crippen LogP contribution in [0.25, 0.3) is 0 Å². The van der Waals surface area contributed by atoms with Crippen LogP contribution in [0.1, 0.15) is 29.3 Å². The van der Waals surface area contributed by atoms with Gasteiger partial charge in [0.1, 0.15) is 5.75 Å². The Balaban J connectivity index is 2.12. The quantitative estimate of drug-likeness (QED) is 0.823. The van der Waals surface area contributed by atoms with Crippen LogP contribution in [-0.4, -0.2) is 38.7 Å². The van der Waals surface area contributed by atoms with Crippen molar-refractivity contribution in [1.29, 1.82) is 0 Å². The fourth-order valence-corrected chi connectivity index (χ4v) is 2.26. The van der Waals surface area contributed by atoms with E-state index in [0.717, 1.165) is 25.1 Å². The minimum absolute atomic E-state index is 0.0313. The Morgan fingerprint density at radius 3 is 3.00 bits per heavy atom. The molecule has 1 aliphatic rings. The number of rotatable bonds is 5. The second-order valence-corrected chi connectivity index (χ2v) is 4.71. The molecule has 0 radical (unpaired) electrons. The molecule has 4 nitrogen and oxygen atoms in total. The first-order valence-electron chi connectivity index (χ1n) is 6.77. The van der Waals surface area contributed by atoms with E-state index >= 15 is 0 Å². The normalized spacial score (nSPS) is 19.2. The van der Waals surface area contributed by atoms with Gasteiger partial charge in [-0.15, -0.1) is 0 Å². The Bertz CT molecular complexity index is 439. The van der Waals surface area contributed by atoms with Gasteiger partial charge in [-0.2, -0.15) is 0 Å². The van der Waals surface area contributed by atoms with Crippen molar-refractivity contribution in [2.45, 2.75) is 25.9 Å². The van der Waals surface area contributed by atoms with Gasteiger partial charge in [-0.3, -0.25) is 4.79 Å². The predicted molar refractivity (Wildman–Crippen MR) is 73.9 cm³/mol. The van der Waals surface area contributed by atoms with Crippen LogP contribution in [-0.2, 0) is 11.2 Å². The standard InChI is InChI=1S/C15H21NO3/c1-3-11-4-5-15(18-2)13(8-11)14(17)9-12-10-16-6-7-19-12/h4-5,8,12,16H,3,6-7,9-10H2,1-2H3. The van der Waals surface area contributed by atoms with Gasteiger partial charge in [0.15, 0.2) is 5.78 Å². The number of methoxy groups -OCH3 is 1. The number of aryl methyl sites for hydroxylation is 1. The second-order valence-electron chi connectivity index (χ2n) is 4.71. The lowest BCUT2D eigenvalue weighted by Crippen LogP contribution is -2.39. The van der Waals surface area contributed by atoms with Gasteiger partial charge in [0.05, 0.1) is 25.4 Å². The van der Waals surface area contributed by atoms with E-state index in [4.69, 9.17) is 9.47 Å². The predicted octanol–water partition coefficient (Wildman–Crippen LogP) is 1.82. The number of nitrogens with one attached hydrogen (secondary N) is 1. The van der Waals surface area contributed by atoms with Crippen molar-refractivity contribution in [2.75, 3.05) is 26.8 Å². The highest BCUT2D eigenvalue weighted by Crippen LogP contribution is 2.23. The maximum atomic E-state index is 12.4. The molecule has 1 unspecified atom stereocenters. The molecular weight excluding hydrogens is 242 g/mol. The number of ether oxygens (including phenoxy) is 2. The average Bonchev–Trinajstić information content (AvgIpc) is 2.47. The first-order chi connectivity index (χ1) is 9.24. The molecule has 1 N–H and O–H groups in total. The number of Topliss-reactive ketones (excluding diaryl/α,β-unsaturated/α-hetero) is 1. The second kappa shape index (κ2) is 6.68. The van der Waals surface area contributed by atoms with Gasteiger partial charge < -0.3 is 14.8 Å². The van der Waals surface area contributed by atoms with Crippen LogP contribution in [0.2, 0.25) is 0 Å². The van der Waals surface area contributed by atoms with Gasteiger partial charge in [-0.05, 0) is 24.1 Å². The molecule has 0 bridgehead atoms. The van der Waals surface area contributed by atoms with Crippen LogP contribution in [0.15, 0.2) is 18.2 Å². The maximum Gasteiger partial charge on any atom is 0.169 e. The molecule has 1 aliphatic heterocycles. The Labute approximate surface area is 114 Å². The van der Waals surface area contributed by atoms with Crippen LogP contribution >= 0.6 is 0 Å². The topological polar surface area (TPSA) is 47.6 Å². The lowest BCUT2D eigenvalue weighted by Gasteiger charge is -2.23. The van der Waals surface area contributed by atoms with Crippen molar-refractivity contribution in [1.82, 2.24) is 5.32 Å². The van der Waals surface area contributed by atoms with Crippen molar-refractivity contribution < 1.29 is 14.3 Å². The summed E-state index contributed by atoms with van der Waals surface area (Å²) in [5, 5.41) is 3.23. The van der Waals surface area contributed by atoms with Gasteiger partial charge in [0.2, 0.25) is 0 Å². The number of hydrogen-bond acceptors (Lipinski definition) is 4. The molecule has 4 heteroatoms. The Kier molecular flexibility index (Phi) is 4.93. The van der Waals surface area contributed by atoms with Gasteiger partial charge in [-0.25, -0.2) is 0 Å². The minimum atomic E-state index is -0.0313. The zero-order chi connectivity index (χ0) is 13.7. The zero-order valence-corrected chi connectivity index (χ0v) is 11.6. The average molecular weight is 263 g/mol. The molecule has 0 saturated carbocycles. The summed E-state index contributed by atoms with van der Waals surface area (Å²) < 4.78 is 10.9. The number of benzene rings is 1. The van der Waals surface area contributed by atoms with E-state index in [9.17, 15) is 4.79 Å². The number of hydrogen-bond donors (Lipinski definition) is 1. The van der Waals surface area contributed by atoms with E-state index in [-0.39, 0.29) is 11.9 Å². The molecular formula is C15H21NO3. The third-order valence-corrected chi connectivity index (χ3v) is 3.39. The van der Waals surface area contributed by atoms with Crippen molar-refractivity contribution >= 4 is 5.78 Å². The Morgan fingerprint density at radius 1 is 1.53 bits per heavy atom. The third kappa shape index (κ3) is 3.55. The fraction of sp³-hybridized carbons (Fsp3) is 0.533. The molecule has 2 rings (SSSR count). The molecule has 1 aromatic rings. The minimum Gasteiger partial charge on any atom is -0.496 e. The highest BCUT2D eigenvalue weighted by molar-refractivity contribution is 5.99. The molecule has 19 heavy (non-hydrogen) atoms. The summed E-state index contributed by atoms with van der Waals surface area (Å²) in [5.41, 5.74) is 1.81. The van der Waals surface area contributed by atoms with Crippen molar-refractivity contribution in [3.63, 3.8) is 0 Å². The molecule has 1 saturated heterocycles. The third-order valence-electron chi connectivity index (χ3n) is 3.39. The SMILES string of the molecule is CCc1ccc(OC)c(C(=O)CC2CNCCO2)c1. The van der Waals surface area contributed by atoms with Crippen LogP contribution in [0, 0.1) is 0 Å². The monoisotopic (exact) mass is 263 g/mol. The lowest BCUT2D eigenvalue weighted by atomic mass is 10.0. The molecule has 0 aromatic heterocycles. The summed E-state index contributed by atoms with van der Waals surface area (Å²) in [6, 6.07) is 5.79. The summed E-state index contributed by atoms with van der Waals surface area (Å²) in [5.74, 6) is 0.729. The van der Waals surface area contributed by atoms with Crippen LogP contribution in [0.4, 0.5) is 0 Å². The van der Waals surface area contributed by atoms with Gasteiger partial charge in [0.25, 0.3) is 0 Å². The summed E-state index contributed by atoms with van der Waals surface area (Å²) in [6.07, 6.45) is 1.28. The lowest BCUT2D eigenvalue weighted by molar-refractivity contribution is 0.0239. The molecule has 1 atom stereocenters. The summed E-state index contributed by atoms with van der Waals surface area (Å²) in [6.45, 7) is 4.34. The molecule has 0 spiro atoms. The molecule has 104 valence electrons. The largest absolute Gasteiger partial charge is 0.496 e. The Morgan fingerprint density at radius 2 is 2.37 bits per heavy atom. The van der Waals surface area contributed by atoms with Crippen LogP contribution in [0.3, 0.4) is 0 Å². The van der Waals surface area contributed by atoms with Gasteiger partial charge in [-0.1, -0.05) is 13.0 Å². The van der Waals surface area contributed by atoms with E-state index in [2.05, 4.69) is 12.2 Å². The van der Waals surface area contributed by atoms with Gasteiger partial charge >= 0.3 is 0 Å². The van der Waals surface area contributed by atoms with Crippen molar-refractivity contribution in [3.8, 4) is 5.75 Å². The molecule has 1 aromatic carbocycles. The van der Waals surface area contributed by atoms with E-state index < -0.39 is 0 Å². The van der Waals surface area contributed by atoms with Crippen molar-refractivity contribution in [2.24, 2.45) is 0 Å². The molecule has 0 aliphatic carbocycles. The summed E-state index contributed by atoms with van der Waals surface area (Å²) in [4.78, 5) is 12.4. The fourth-order valence-electron chi connectivity index (χ4n) is 2.26. The van der Waals surface area contributed by atoms with Crippen LogP contribution in [0.5, 0.6) is 5.75 Å². The smallest absolute Gasteiger partial charge is 0.169 e. The van der Waals surface area contributed by atoms with E-state index in [1.54, 1.807) is 7.11 Å². The molecule has 1 heterocycles. The Hall–Kier alpha value is -1.39. The van der Waals surface area contributed by atoms with Gasteiger partial charge in [0, 0.05) is 19.5 Å². The van der Waals surface area contributed by atoms with E-state index in [1.807, 2.05) is 18.2 Å². The highest BCUT2D eigenvalue weighted by atomic mass is 16.5. The number of carbonyl (C=O) groups excluding carboxylic acids is 1. The highest BCUT2D eigenvalue weighted by Gasteiger charge is 2.20. The molecule has 0 amide bonds. The maximum absolute atomic E-state index is 12.4. The van der Waals surface area contributed by atoms with Crippen LogP contribution < -0.4 is 10.1 Å². The van der Waals surface area contributed by atoms with E-state index in [1.165, 1.54) is 0 Å². The zero-order valence-electron chi connectivity index (χ0n) is 11.6. The molecule has 1 fully saturated rings.